The van der Waals surface area contributed by atoms with Gasteiger partial charge in [-0.3, -0.25) is 9.89 Å². The highest BCUT2D eigenvalue weighted by Crippen LogP contribution is 2.12. The third-order valence-corrected chi connectivity index (χ3v) is 4.29. The highest BCUT2D eigenvalue weighted by atomic mass is 32.2. The minimum atomic E-state index is 0.0600. The largest absolute Gasteiger partial charge is 0.357 e. The normalized spacial score (nSPS) is 11.2. The molecule has 0 radical (unpaired) electrons. The van der Waals surface area contributed by atoms with Crippen LogP contribution >= 0.6 is 11.8 Å². The van der Waals surface area contributed by atoms with Gasteiger partial charge in [0.1, 0.15) is 5.82 Å². The third kappa shape index (κ3) is 4.00. The number of aromatic amines is 2. The first-order valence-corrected chi connectivity index (χ1v) is 8.45. The fourth-order valence-corrected chi connectivity index (χ4v) is 3.08. The van der Waals surface area contributed by atoms with Crippen molar-refractivity contribution in [3.63, 3.8) is 0 Å². The van der Waals surface area contributed by atoms with Crippen molar-refractivity contribution < 1.29 is 0 Å². The van der Waals surface area contributed by atoms with E-state index < -0.39 is 0 Å². The van der Waals surface area contributed by atoms with Crippen molar-refractivity contribution >= 4 is 22.7 Å². The maximum absolute atomic E-state index is 12.2. The number of fused-ring (bicyclic) bond motifs is 1. The van der Waals surface area contributed by atoms with E-state index in [0.717, 1.165) is 45.4 Å². The summed E-state index contributed by atoms with van der Waals surface area (Å²) < 4.78 is 0. The monoisotopic (exact) mass is 329 g/mol. The second kappa shape index (κ2) is 6.97. The molecule has 3 aromatic rings. The molecular weight excluding hydrogens is 310 g/mol. The van der Waals surface area contributed by atoms with E-state index in [2.05, 4.69) is 25.5 Å². The number of aryl methyl sites for hydroxylation is 2. The van der Waals surface area contributed by atoms with Crippen molar-refractivity contribution in [2.24, 2.45) is 0 Å². The quantitative estimate of drug-likeness (QED) is 0.476. The van der Waals surface area contributed by atoms with Crippen LogP contribution in [0.15, 0.2) is 34.2 Å². The Morgan fingerprint density at radius 1 is 1.26 bits per heavy atom. The van der Waals surface area contributed by atoms with Gasteiger partial charge in [0.15, 0.2) is 5.43 Å². The molecule has 0 aliphatic heterocycles. The highest BCUT2D eigenvalue weighted by Gasteiger charge is 2.03. The molecule has 2 heterocycles. The number of benzene rings is 1. The Labute approximate surface area is 138 Å². The van der Waals surface area contributed by atoms with Crippen molar-refractivity contribution in [3.8, 4) is 0 Å². The predicted octanol–water partition coefficient (Wildman–Crippen LogP) is 2.14. The van der Waals surface area contributed by atoms with Crippen LogP contribution in [0.2, 0.25) is 0 Å². The molecule has 23 heavy (non-hydrogen) atoms. The zero-order chi connectivity index (χ0) is 16.2. The maximum atomic E-state index is 12.2. The molecule has 6 nitrogen and oxygen atoms in total. The number of aromatic nitrogens is 4. The number of thioether (sulfide) groups is 1. The number of H-pyrrole nitrogens is 2. The van der Waals surface area contributed by atoms with E-state index in [1.54, 1.807) is 17.8 Å². The number of rotatable bonds is 6. The molecule has 0 fully saturated rings. The van der Waals surface area contributed by atoms with E-state index in [-0.39, 0.29) is 5.43 Å². The molecule has 7 heteroatoms. The third-order valence-electron chi connectivity index (χ3n) is 3.44. The minimum Gasteiger partial charge on any atom is -0.357 e. The number of nitrogens with zero attached hydrogens (tertiary/aromatic N) is 2. The Morgan fingerprint density at radius 2 is 2.13 bits per heavy atom. The molecule has 120 valence electrons. The molecule has 0 amide bonds. The van der Waals surface area contributed by atoms with Gasteiger partial charge in [0.2, 0.25) is 5.16 Å². The lowest BCUT2D eigenvalue weighted by Gasteiger charge is -2.06. The Morgan fingerprint density at radius 3 is 2.91 bits per heavy atom. The van der Waals surface area contributed by atoms with E-state index in [4.69, 9.17) is 0 Å². The second-order valence-electron chi connectivity index (χ2n) is 5.44. The van der Waals surface area contributed by atoms with Crippen molar-refractivity contribution in [1.82, 2.24) is 25.5 Å². The van der Waals surface area contributed by atoms with Crippen LogP contribution in [-0.2, 0) is 6.54 Å². The van der Waals surface area contributed by atoms with E-state index in [9.17, 15) is 4.79 Å². The average Bonchev–Trinajstić information content (AvgIpc) is 2.93. The number of hydrogen-bond acceptors (Lipinski definition) is 5. The molecule has 0 unspecified atom stereocenters. The molecule has 1 aromatic carbocycles. The molecule has 0 saturated carbocycles. The summed E-state index contributed by atoms with van der Waals surface area (Å²) in [4.78, 5) is 19.7. The van der Waals surface area contributed by atoms with E-state index in [0.29, 0.717) is 6.54 Å². The summed E-state index contributed by atoms with van der Waals surface area (Å²) in [6.45, 7) is 5.31. The second-order valence-corrected chi connectivity index (χ2v) is 6.50. The highest BCUT2D eigenvalue weighted by molar-refractivity contribution is 7.99. The summed E-state index contributed by atoms with van der Waals surface area (Å²) in [6.07, 6.45) is 0. The van der Waals surface area contributed by atoms with Gasteiger partial charge in [0.05, 0.1) is 0 Å². The Hall–Kier alpha value is -2.12. The topological polar surface area (TPSA) is 86.5 Å². The van der Waals surface area contributed by atoms with Gasteiger partial charge in [0.25, 0.3) is 0 Å². The first-order chi connectivity index (χ1) is 11.1. The van der Waals surface area contributed by atoms with Gasteiger partial charge in [-0.15, -0.1) is 5.10 Å². The van der Waals surface area contributed by atoms with Crippen molar-refractivity contribution in [2.45, 2.75) is 25.5 Å². The van der Waals surface area contributed by atoms with Crippen LogP contribution in [0.4, 0.5) is 0 Å². The van der Waals surface area contributed by atoms with Crippen LogP contribution in [0, 0.1) is 13.8 Å². The van der Waals surface area contributed by atoms with Crippen molar-refractivity contribution in [1.29, 1.82) is 0 Å². The fourth-order valence-electron chi connectivity index (χ4n) is 2.34. The molecule has 2 aromatic heterocycles. The number of pyridine rings is 1. The Kier molecular flexibility index (Phi) is 4.78. The first kappa shape index (κ1) is 15.8. The van der Waals surface area contributed by atoms with Crippen LogP contribution in [0.5, 0.6) is 0 Å². The maximum Gasteiger partial charge on any atom is 0.208 e. The lowest BCUT2D eigenvalue weighted by Crippen LogP contribution is -2.19. The van der Waals surface area contributed by atoms with E-state index in [1.807, 2.05) is 32.0 Å². The van der Waals surface area contributed by atoms with Gasteiger partial charge in [-0.05, 0) is 26.0 Å². The van der Waals surface area contributed by atoms with E-state index in [1.165, 1.54) is 0 Å². The van der Waals surface area contributed by atoms with Crippen LogP contribution in [0.3, 0.4) is 0 Å². The zero-order valence-electron chi connectivity index (χ0n) is 13.1. The summed E-state index contributed by atoms with van der Waals surface area (Å²) in [6, 6.07) is 7.55. The summed E-state index contributed by atoms with van der Waals surface area (Å²) >= 11 is 1.60. The van der Waals surface area contributed by atoms with Crippen molar-refractivity contribution in [2.75, 3.05) is 12.3 Å². The molecule has 0 atom stereocenters. The summed E-state index contributed by atoms with van der Waals surface area (Å²) in [5, 5.41) is 11.7. The molecule has 0 aliphatic carbocycles. The van der Waals surface area contributed by atoms with Gasteiger partial charge >= 0.3 is 0 Å². The molecular formula is C16H19N5OS. The summed E-state index contributed by atoms with van der Waals surface area (Å²) in [7, 11) is 0. The van der Waals surface area contributed by atoms with Gasteiger partial charge in [0, 0.05) is 41.5 Å². The lowest BCUT2D eigenvalue weighted by molar-refractivity contribution is 0.717. The fraction of sp³-hybridized carbons (Fsp3) is 0.312. The smallest absolute Gasteiger partial charge is 0.208 e. The molecule has 3 N–H and O–H groups in total. The van der Waals surface area contributed by atoms with E-state index >= 15 is 0 Å². The zero-order valence-corrected chi connectivity index (χ0v) is 14.0. The first-order valence-electron chi connectivity index (χ1n) is 7.47. The SMILES string of the molecule is Cc1ccc2[nH]c(CNCCSc3n[nH]c(C)n3)cc(=O)c2c1. The van der Waals surface area contributed by atoms with Gasteiger partial charge in [-0.2, -0.15) is 0 Å². The van der Waals surface area contributed by atoms with Crippen LogP contribution in [0.25, 0.3) is 10.9 Å². The van der Waals surface area contributed by atoms with Crippen LogP contribution in [-0.4, -0.2) is 32.5 Å². The van der Waals surface area contributed by atoms with Crippen LogP contribution < -0.4 is 10.7 Å². The Balaban J connectivity index is 1.55. The molecule has 0 bridgehead atoms. The molecule has 0 spiro atoms. The summed E-state index contributed by atoms with van der Waals surface area (Å²) in [5.41, 5.74) is 2.92. The standard InChI is InChI=1S/C16H19N5OS/c1-10-3-4-14-13(7-10)15(22)8-12(19-14)9-17-5-6-23-16-18-11(2)20-21-16/h3-4,7-8,17H,5-6,9H2,1-2H3,(H,19,22)(H,18,20,21). The van der Waals surface area contributed by atoms with Gasteiger partial charge in [-0.1, -0.05) is 23.4 Å². The van der Waals surface area contributed by atoms with Crippen molar-refractivity contribution in [3.05, 3.63) is 51.6 Å². The lowest BCUT2D eigenvalue weighted by atomic mass is 10.1. The Bertz CT molecular complexity index is 870. The average molecular weight is 329 g/mol. The van der Waals surface area contributed by atoms with Gasteiger partial charge in [-0.25, -0.2) is 4.98 Å². The van der Waals surface area contributed by atoms with Gasteiger partial charge < -0.3 is 10.3 Å². The minimum absolute atomic E-state index is 0.0600. The summed E-state index contributed by atoms with van der Waals surface area (Å²) in [5.74, 6) is 1.69. The number of nitrogens with one attached hydrogen (secondary N) is 3. The molecule has 0 aliphatic rings. The van der Waals surface area contributed by atoms with Crippen LogP contribution in [0.1, 0.15) is 17.1 Å². The predicted molar refractivity (Wildman–Crippen MR) is 92.9 cm³/mol. The number of hydrogen-bond donors (Lipinski definition) is 3. The molecule has 3 rings (SSSR count). The molecule has 0 saturated heterocycles.